The molecule has 1 atom stereocenters. The van der Waals surface area contributed by atoms with Crippen LogP contribution in [-0.4, -0.2) is 41.0 Å². The number of likely N-dealkylation sites (tertiary alicyclic amines) is 1. The lowest BCUT2D eigenvalue weighted by Gasteiger charge is -2.15. The van der Waals surface area contributed by atoms with Crippen molar-refractivity contribution in [3.05, 3.63) is 30.1 Å². The van der Waals surface area contributed by atoms with Crippen LogP contribution >= 0.6 is 12.4 Å². The van der Waals surface area contributed by atoms with Crippen molar-refractivity contribution < 1.29 is 0 Å². The van der Waals surface area contributed by atoms with E-state index < -0.39 is 0 Å². The summed E-state index contributed by atoms with van der Waals surface area (Å²) in [5.74, 6) is 1.39. The molecule has 1 fully saturated rings. The molecular weight excluding hydrogens is 274 g/mol. The Morgan fingerprint density at radius 2 is 2.15 bits per heavy atom. The van der Waals surface area contributed by atoms with Gasteiger partial charge in [0.15, 0.2) is 0 Å². The zero-order chi connectivity index (χ0) is 13.2. The summed E-state index contributed by atoms with van der Waals surface area (Å²) in [6, 6.07) is 8.46. The van der Waals surface area contributed by atoms with Crippen LogP contribution in [0.1, 0.15) is 12.2 Å². The molecule has 1 aromatic heterocycles. The molecule has 0 radical (unpaired) electrons. The lowest BCUT2D eigenvalue weighted by Crippen LogP contribution is -2.29. The number of rotatable bonds is 3. The molecule has 0 amide bonds. The number of hydrogen-bond acceptors (Lipinski definition) is 5. The monoisotopic (exact) mass is 293 g/mol. The first-order valence-corrected chi connectivity index (χ1v) is 6.67. The van der Waals surface area contributed by atoms with Crippen molar-refractivity contribution in [3.63, 3.8) is 0 Å². The number of likely N-dealkylation sites (N-methyl/N-ethyl adjacent to an activating group) is 1. The molecule has 0 aliphatic carbocycles. The van der Waals surface area contributed by atoms with Gasteiger partial charge >= 0.3 is 0 Å². The Balaban J connectivity index is 0.00000147. The normalized spacial score (nSPS) is 19.1. The summed E-state index contributed by atoms with van der Waals surface area (Å²) in [6.45, 7) is 2.90. The molecule has 2 aromatic rings. The maximum atomic E-state index is 6.00. The average molecular weight is 294 g/mol. The van der Waals surface area contributed by atoms with Gasteiger partial charge in [0.2, 0.25) is 0 Å². The second kappa shape index (κ2) is 6.35. The molecular formula is C14H20ClN5. The predicted octanol–water partition coefficient (Wildman–Crippen LogP) is 1.43. The van der Waals surface area contributed by atoms with Gasteiger partial charge in [-0.3, -0.25) is 4.90 Å². The van der Waals surface area contributed by atoms with Crippen molar-refractivity contribution in [2.24, 2.45) is 0 Å². The second-order valence-corrected chi connectivity index (χ2v) is 5.05. The van der Waals surface area contributed by atoms with E-state index >= 15 is 0 Å². The number of halogens is 1. The van der Waals surface area contributed by atoms with Crippen molar-refractivity contribution in [3.8, 4) is 0 Å². The highest BCUT2D eigenvalue weighted by Crippen LogP contribution is 2.18. The molecule has 3 rings (SSSR count). The van der Waals surface area contributed by atoms with Crippen molar-refractivity contribution >= 4 is 29.1 Å². The minimum Gasteiger partial charge on any atom is -0.383 e. The first kappa shape index (κ1) is 15.0. The Hall–Kier alpha value is -1.43. The smallest absolute Gasteiger partial charge is 0.145 e. The molecule has 1 unspecified atom stereocenters. The molecule has 6 heteroatoms. The number of fused-ring (bicyclic) bond motifs is 1. The summed E-state index contributed by atoms with van der Waals surface area (Å²) < 4.78 is 0. The highest BCUT2D eigenvalue weighted by atomic mass is 35.5. The van der Waals surface area contributed by atoms with E-state index in [9.17, 15) is 0 Å². The zero-order valence-electron chi connectivity index (χ0n) is 11.5. The maximum Gasteiger partial charge on any atom is 0.145 e. The molecule has 1 aliphatic heterocycles. The van der Waals surface area contributed by atoms with Crippen LogP contribution in [-0.2, 0) is 6.54 Å². The van der Waals surface area contributed by atoms with Crippen molar-refractivity contribution in [1.82, 2.24) is 20.2 Å². The van der Waals surface area contributed by atoms with Crippen LogP contribution in [0.15, 0.2) is 24.3 Å². The largest absolute Gasteiger partial charge is 0.383 e. The first-order chi connectivity index (χ1) is 9.26. The van der Waals surface area contributed by atoms with Crippen LogP contribution in [0.25, 0.3) is 10.9 Å². The highest BCUT2D eigenvalue weighted by Gasteiger charge is 2.21. The van der Waals surface area contributed by atoms with Crippen LogP contribution in [0.3, 0.4) is 0 Å². The van der Waals surface area contributed by atoms with Crippen LogP contribution in [0.5, 0.6) is 0 Å². The molecule has 1 saturated heterocycles. The Morgan fingerprint density at radius 1 is 1.35 bits per heavy atom. The van der Waals surface area contributed by atoms with Gasteiger partial charge in [0.1, 0.15) is 11.6 Å². The number of nitrogens with zero attached hydrogens (tertiary/aromatic N) is 3. The van der Waals surface area contributed by atoms with Gasteiger partial charge in [-0.2, -0.15) is 0 Å². The molecule has 0 spiro atoms. The number of aromatic nitrogens is 2. The predicted molar refractivity (Wildman–Crippen MR) is 83.9 cm³/mol. The van der Waals surface area contributed by atoms with E-state index in [1.165, 1.54) is 6.42 Å². The standard InChI is InChI=1S/C14H19N5.ClH/c1-16-10-6-7-19(8-10)9-13-17-12-5-3-2-4-11(12)14(15)18-13;/h2-5,10,16H,6-9H2,1H3,(H2,15,17,18);1H. The highest BCUT2D eigenvalue weighted by molar-refractivity contribution is 5.87. The summed E-state index contributed by atoms with van der Waals surface area (Å²) in [5.41, 5.74) is 6.93. The quantitative estimate of drug-likeness (QED) is 0.896. The van der Waals surface area contributed by atoms with E-state index in [1.54, 1.807) is 0 Å². The molecule has 1 aliphatic rings. The van der Waals surface area contributed by atoms with Gasteiger partial charge in [-0.1, -0.05) is 12.1 Å². The van der Waals surface area contributed by atoms with Gasteiger partial charge in [-0.05, 0) is 25.6 Å². The van der Waals surface area contributed by atoms with E-state index in [1.807, 2.05) is 31.3 Å². The van der Waals surface area contributed by atoms with Crippen LogP contribution in [0, 0.1) is 0 Å². The van der Waals surface area contributed by atoms with E-state index in [4.69, 9.17) is 5.73 Å². The summed E-state index contributed by atoms with van der Waals surface area (Å²) in [5, 5.41) is 4.24. The molecule has 5 nitrogen and oxygen atoms in total. The molecule has 3 N–H and O–H groups in total. The minimum atomic E-state index is 0. The van der Waals surface area contributed by atoms with Gasteiger partial charge in [-0.15, -0.1) is 12.4 Å². The van der Waals surface area contributed by atoms with Gasteiger partial charge < -0.3 is 11.1 Å². The molecule has 2 heterocycles. The third-order valence-corrected chi connectivity index (χ3v) is 3.72. The summed E-state index contributed by atoms with van der Waals surface area (Å²) >= 11 is 0. The van der Waals surface area contributed by atoms with Crippen molar-refractivity contribution in [2.45, 2.75) is 19.0 Å². The number of nitrogens with one attached hydrogen (secondary N) is 1. The fraction of sp³-hybridized carbons (Fsp3) is 0.429. The second-order valence-electron chi connectivity index (χ2n) is 5.05. The van der Waals surface area contributed by atoms with Crippen LogP contribution < -0.4 is 11.1 Å². The third kappa shape index (κ3) is 3.00. The zero-order valence-corrected chi connectivity index (χ0v) is 12.4. The number of nitrogen functional groups attached to an aromatic ring is 1. The van der Waals surface area contributed by atoms with Gasteiger partial charge in [0, 0.05) is 24.5 Å². The lowest BCUT2D eigenvalue weighted by atomic mass is 10.2. The minimum absolute atomic E-state index is 0. The van der Waals surface area contributed by atoms with E-state index in [0.29, 0.717) is 11.9 Å². The molecule has 0 saturated carbocycles. The summed E-state index contributed by atoms with van der Waals surface area (Å²) in [6.07, 6.45) is 1.18. The molecule has 20 heavy (non-hydrogen) atoms. The molecule has 108 valence electrons. The number of anilines is 1. The number of nitrogens with two attached hydrogens (primary N) is 1. The number of hydrogen-bond donors (Lipinski definition) is 2. The Kier molecular flexibility index (Phi) is 4.75. The SMILES string of the molecule is CNC1CCN(Cc2nc(N)c3ccccc3n2)C1.Cl. The maximum absolute atomic E-state index is 6.00. The molecule has 0 bridgehead atoms. The number of benzene rings is 1. The van der Waals surface area contributed by atoms with Gasteiger partial charge in [0.25, 0.3) is 0 Å². The van der Waals surface area contributed by atoms with Crippen LogP contribution in [0.4, 0.5) is 5.82 Å². The van der Waals surface area contributed by atoms with Gasteiger partial charge in [-0.25, -0.2) is 9.97 Å². The topological polar surface area (TPSA) is 67.1 Å². The first-order valence-electron chi connectivity index (χ1n) is 6.67. The van der Waals surface area contributed by atoms with Gasteiger partial charge in [0.05, 0.1) is 12.1 Å². The number of para-hydroxylation sites is 1. The average Bonchev–Trinajstić information content (AvgIpc) is 2.86. The van der Waals surface area contributed by atoms with Crippen molar-refractivity contribution in [2.75, 3.05) is 25.9 Å². The van der Waals surface area contributed by atoms with E-state index in [2.05, 4.69) is 20.2 Å². The fourth-order valence-electron chi connectivity index (χ4n) is 2.63. The third-order valence-electron chi connectivity index (χ3n) is 3.72. The Bertz CT molecular complexity index is 589. The van der Waals surface area contributed by atoms with Crippen molar-refractivity contribution in [1.29, 1.82) is 0 Å². The summed E-state index contributed by atoms with van der Waals surface area (Å²) in [4.78, 5) is 11.4. The Labute approximate surface area is 125 Å². The summed E-state index contributed by atoms with van der Waals surface area (Å²) in [7, 11) is 2.01. The fourth-order valence-corrected chi connectivity index (χ4v) is 2.63. The lowest BCUT2D eigenvalue weighted by molar-refractivity contribution is 0.314. The molecule has 1 aromatic carbocycles. The van der Waals surface area contributed by atoms with Crippen LogP contribution in [0.2, 0.25) is 0 Å². The van der Waals surface area contributed by atoms with E-state index in [0.717, 1.165) is 36.4 Å². The Morgan fingerprint density at radius 3 is 2.90 bits per heavy atom. The van der Waals surface area contributed by atoms with E-state index in [-0.39, 0.29) is 12.4 Å².